The van der Waals surface area contributed by atoms with Crippen LogP contribution in [-0.4, -0.2) is 18.7 Å². The molecule has 0 spiro atoms. The maximum Gasteiger partial charge on any atom is 0.0774 e. The summed E-state index contributed by atoms with van der Waals surface area (Å²) in [6.07, 6.45) is 5.29. The van der Waals surface area contributed by atoms with E-state index in [0.29, 0.717) is 0 Å². The summed E-state index contributed by atoms with van der Waals surface area (Å²) in [5.41, 5.74) is 0. The van der Waals surface area contributed by atoms with E-state index >= 15 is 0 Å². The predicted molar refractivity (Wildman–Crippen MR) is 57.8 cm³/mol. The smallest absolute Gasteiger partial charge is 0.0774 e. The van der Waals surface area contributed by atoms with E-state index in [9.17, 15) is 0 Å². The molecule has 3 heteroatoms. The molecule has 0 bridgehead atoms. The third kappa shape index (κ3) is 3.72. The van der Waals surface area contributed by atoms with E-state index in [4.69, 9.17) is 5.11 Å². The van der Waals surface area contributed by atoms with Crippen LogP contribution >= 0.6 is 11.3 Å². The van der Waals surface area contributed by atoms with E-state index in [0.717, 1.165) is 17.8 Å². The normalized spacial score (nSPS) is 11.2. The molecule has 0 aliphatic carbocycles. The second kappa shape index (κ2) is 5.91. The average molecular weight is 197 g/mol. The highest BCUT2D eigenvalue weighted by Crippen LogP contribution is 2.17. The maximum atomic E-state index is 8.84. The fourth-order valence-corrected chi connectivity index (χ4v) is 1.80. The Hall–Kier alpha value is -0.640. The van der Waals surface area contributed by atoms with Gasteiger partial charge in [0.25, 0.3) is 0 Å². The number of nitrogens with one attached hydrogen (secondary N) is 1. The van der Waals surface area contributed by atoms with Crippen molar-refractivity contribution in [3.63, 3.8) is 0 Å². The first-order chi connectivity index (χ1) is 6.36. The van der Waals surface area contributed by atoms with Gasteiger partial charge in [0, 0.05) is 9.75 Å². The van der Waals surface area contributed by atoms with E-state index in [1.165, 1.54) is 4.88 Å². The van der Waals surface area contributed by atoms with Crippen molar-refractivity contribution < 1.29 is 5.11 Å². The van der Waals surface area contributed by atoms with Crippen LogP contribution in [0, 0.1) is 0 Å². The average Bonchev–Trinajstić information content (AvgIpc) is 2.60. The van der Waals surface area contributed by atoms with E-state index in [2.05, 4.69) is 17.5 Å². The summed E-state index contributed by atoms with van der Waals surface area (Å²) in [7, 11) is 1.95. The minimum atomic E-state index is 0.148. The monoisotopic (exact) mass is 197 g/mol. The van der Waals surface area contributed by atoms with E-state index in [-0.39, 0.29) is 6.61 Å². The van der Waals surface area contributed by atoms with Gasteiger partial charge in [0.1, 0.15) is 0 Å². The Morgan fingerprint density at radius 1 is 1.54 bits per heavy atom. The molecule has 2 N–H and O–H groups in total. The molecule has 0 saturated heterocycles. The summed E-state index contributed by atoms with van der Waals surface area (Å²) in [6.45, 7) is 1.16. The van der Waals surface area contributed by atoms with Gasteiger partial charge < -0.3 is 10.4 Å². The Labute approximate surface area is 82.9 Å². The van der Waals surface area contributed by atoms with Crippen LogP contribution in [0.25, 0.3) is 6.08 Å². The fourth-order valence-electron chi connectivity index (χ4n) is 0.996. The fraction of sp³-hybridized carbons (Fsp3) is 0.400. The first-order valence-corrected chi connectivity index (χ1v) is 5.19. The summed E-state index contributed by atoms with van der Waals surface area (Å²) in [5.74, 6) is 0. The number of rotatable bonds is 5. The highest BCUT2D eigenvalue weighted by Gasteiger charge is 1.93. The second-order valence-corrected chi connectivity index (χ2v) is 3.96. The molecule has 1 rings (SSSR count). The molecule has 0 radical (unpaired) electrons. The molecule has 0 aliphatic rings. The van der Waals surface area contributed by atoms with Crippen molar-refractivity contribution >= 4 is 17.4 Å². The zero-order valence-electron chi connectivity index (χ0n) is 7.79. The summed E-state index contributed by atoms with van der Waals surface area (Å²) in [5, 5.41) is 11.9. The molecule has 0 amide bonds. The number of aliphatic hydroxyl groups excluding tert-OH is 1. The first kappa shape index (κ1) is 10.4. The lowest BCUT2D eigenvalue weighted by molar-refractivity contribution is 0.285. The van der Waals surface area contributed by atoms with Crippen LogP contribution in [-0.2, 0) is 6.61 Å². The lowest BCUT2D eigenvalue weighted by atomic mass is 10.3. The molecule has 0 saturated carbocycles. The van der Waals surface area contributed by atoms with Crippen LogP contribution in [0.2, 0.25) is 0 Å². The summed E-state index contributed by atoms with van der Waals surface area (Å²) in [6, 6.07) is 3.99. The van der Waals surface area contributed by atoms with E-state index < -0.39 is 0 Å². The third-order valence-electron chi connectivity index (χ3n) is 1.68. The molecule has 0 aromatic carbocycles. The molecule has 13 heavy (non-hydrogen) atoms. The molecular weight excluding hydrogens is 182 g/mol. The van der Waals surface area contributed by atoms with Crippen LogP contribution in [0.15, 0.2) is 18.2 Å². The lowest BCUT2D eigenvalue weighted by Gasteiger charge is -1.90. The van der Waals surface area contributed by atoms with Gasteiger partial charge in [0.15, 0.2) is 0 Å². The van der Waals surface area contributed by atoms with Crippen molar-refractivity contribution in [2.75, 3.05) is 13.6 Å². The van der Waals surface area contributed by atoms with Crippen molar-refractivity contribution in [2.45, 2.75) is 13.0 Å². The van der Waals surface area contributed by atoms with Crippen LogP contribution in [0.1, 0.15) is 16.2 Å². The quantitative estimate of drug-likeness (QED) is 0.706. The molecule has 0 atom stereocenters. The van der Waals surface area contributed by atoms with Gasteiger partial charge in [-0.25, -0.2) is 0 Å². The number of aliphatic hydroxyl groups is 1. The van der Waals surface area contributed by atoms with Crippen LogP contribution in [0.3, 0.4) is 0 Å². The van der Waals surface area contributed by atoms with Crippen molar-refractivity contribution in [1.29, 1.82) is 0 Å². The summed E-state index contributed by atoms with van der Waals surface area (Å²) >= 11 is 1.63. The minimum absolute atomic E-state index is 0.148. The molecule has 1 aromatic heterocycles. The molecule has 72 valence electrons. The molecule has 1 aromatic rings. The van der Waals surface area contributed by atoms with E-state index in [1.54, 1.807) is 11.3 Å². The van der Waals surface area contributed by atoms with Crippen molar-refractivity contribution in [3.05, 3.63) is 28.0 Å². The largest absolute Gasteiger partial charge is 0.391 e. The van der Waals surface area contributed by atoms with Gasteiger partial charge in [-0.3, -0.25) is 0 Å². The van der Waals surface area contributed by atoms with E-state index in [1.807, 2.05) is 19.2 Å². The minimum Gasteiger partial charge on any atom is -0.391 e. The van der Waals surface area contributed by atoms with Gasteiger partial charge in [-0.05, 0) is 38.2 Å². The Kier molecular flexibility index (Phi) is 4.75. The molecule has 1 heterocycles. The predicted octanol–water partition coefficient (Wildman–Crippen LogP) is 1.86. The molecule has 0 aliphatic heterocycles. The highest BCUT2D eigenvalue weighted by atomic mass is 32.1. The van der Waals surface area contributed by atoms with Crippen LogP contribution < -0.4 is 5.32 Å². The summed E-state index contributed by atoms with van der Waals surface area (Å²) in [4.78, 5) is 2.23. The van der Waals surface area contributed by atoms with Gasteiger partial charge in [-0.2, -0.15) is 0 Å². The van der Waals surface area contributed by atoms with Gasteiger partial charge >= 0.3 is 0 Å². The zero-order chi connectivity index (χ0) is 9.52. The van der Waals surface area contributed by atoms with Crippen LogP contribution in [0.4, 0.5) is 0 Å². The van der Waals surface area contributed by atoms with Gasteiger partial charge in [0.05, 0.1) is 6.61 Å². The second-order valence-electron chi connectivity index (χ2n) is 2.76. The molecule has 0 fully saturated rings. The Morgan fingerprint density at radius 3 is 3.00 bits per heavy atom. The standard InChI is InChI=1S/C10H15NOS/c1-11-7-3-2-4-9-5-6-10(8-12)13-9/h2,4-6,11-12H,3,7-8H2,1H3. The Balaban J connectivity index is 2.39. The SMILES string of the molecule is CNCCC=Cc1ccc(CO)s1. The molecular formula is C10H15NOS. The third-order valence-corrected chi connectivity index (χ3v) is 2.72. The van der Waals surface area contributed by atoms with Gasteiger partial charge in [0.2, 0.25) is 0 Å². The number of thiophene rings is 1. The van der Waals surface area contributed by atoms with Crippen molar-refractivity contribution in [3.8, 4) is 0 Å². The van der Waals surface area contributed by atoms with Gasteiger partial charge in [-0.1, -0.05) is 6.08 Å². The summed E-state index contributed by atoms with van der Waals surface area (Å²) < 4.78 is 0. The first-order valence-electron chi connectivity index (χ1n) is 4.37. The van der Waals surface area contributed by atoms with Gasteiger partial charge in [-0.15, -0.1) is 11.3 Å². The Morgan fingerprint density at radius 2 is 2.38 bits per heavy atom. The van der Waals surface area contributed by atoms with Crippen molar-refractivity contribution in [2.24, 2.45) is 0 Å². The highest BCUT2D eigenvalue weighted by molar-refractivity contribution is 7.12. The topological polar surface area (TPSA) is 32.3 Å². The molecule has 2 nitrogen and oxygen atoms in total. The lowest BCUT2D eigenvalue weighted by Crippen LogP contribution is -2.05. The maximum absolute atomic E-state index is 8.84. The number of hydrogen-bond donors (Lipinski definition) is 2. The van der Waals surface area contributed by atoms with Crippen LogP contribution in [0.5, 0.6) is 0 Å². The van der Waals surface area contributed by atoms with Crippen molar-refractivity contribution in [1.82, 2.24) is 5.32 Å². The Bertz CT molecular complexity index is 268. The number of hydrogen-bond acceptors (Lipinski definition) is 3. The molecule has 0 unspecified atom stereocenters. The zero-order valence-corrected chi connectivity index (χ0v) is 8.60.